The molecule has 5 nitrogen and oxygen atoms in total. The van der Waals surface area contributed by atoms with E-state index < -0.39 is 6.04 Å². The summed E-state index contributed by atoms with van der Waals surface area (Å²) in [5.41, 5.74) is 0.623. The molecule has 0 radical (unpaired) electrons. The Morgan fingerprint density at radius 2 is 1.89 bits per heavy atom. The molecule has 3 aromatic rings. The first-order valence-corrected chi connectivity index (χ1v) is 10.4. The van der Waals surface area contributed by atoms with Gasteiger partial charge in [0.1, 0.15) is 6.04 Å². The number of piperidine rings is 1. The molecule has 1 aliphatic rings. The van der Waals surface area contributed by atoms with Crippen LogP contribution in [0.4, 0.5) is 0 Å². The van der Waals surface area contributed by atoms with Gasteiger partial charge in [-0.2, -0.15) is 5.10 Å². The van der Waals surface area contributed by atoms with Crippen molar-refractivity contribution >= 4 is 37.4 Å². The van der Waals surface area contributed by atoms with Crippen molar-refractivity contribution in [3.63, 3.8) is 0 Å². The van der Waals surface area contributed by atoms with Crippen LogP contribution < -0.4 is 5.56 Å². The highest BCUT2D eigenvalue weighted by Gasteiger charge is 2.30. The van der Waals surface area contributed by atoms with E-state index in [0.29, 0.717) is 17.2 Å². The first-order chi connectivity index (χ1) is 12.9. The molecule has 1 aromatic carbocycles. The van der Waals surface area contributed by atoms with Gasteiger partial charge in [-0.1, -0.05) is 32.0 Å². The van der Waals surface area contributed by atoms with Crippen LogP contribution in [-0.2, 0) is 4.79 Å². The van der Waals surface area contributed by atoms with Gasteiger partial charge in [-0.05, 0) is 38.2 Å². The van der Waals surface area contributed by atoms with Crippen molar-refractivity contribution in [1.82, 2.24) is 14.7 Å². The van der Waals surface area contributed by atoms with E-state index in [-0.39, 0.29) is 11.5 Å². The van der Waals surface area contributed by atoms with Crippen LogP contribution in [0.3, 0.4) is 0 Å². The van der Waals surface area contributed by atoms with Crippen molar-refractivity contribution < 1.29 is 4.79 Å². The summed E-state index contributed by atoms with van der Waals surface area (Å²) < 4.78 is 3.38. The number of carbonyl (C=O) groups excluding carboxylic acids is 1. The number of thiophene rings is 1. The summed E-state index contributed by atoms with van der Waals surface area (Å²) in [6, 6.07) is 7.31. The molecule has 1 saturated heterocycles. The lowest BCUT2D eigenvalue weighted by Gasteiger charge is -2.36. The van der Waals surface area contributed by atoms with Gasteiger partial charge in [0.2, 0.25) is 5.91 Å². The number of amides is 1. The molecule has 0 saturated carbocycles. The topological polar surface area (TPSA) is 55.2 Å². The van der Waals surface area contributed by atoms with Gasteiger partial charge in [0.05, 0.1) is 15.8 Å². The SMILES string of the molecule is Cc1nn([C@@H](C)C(=O)N2C[C@H](C)C[C@H](C)C2)c(=O)c2c1sc1ccccc12. The van der Waals surface area contributed by atoms with Gasteiger partial charge >= 0.3 is 0 Å². The van der Waals surface area contributed by atoms with Gasteiger partial charge in [-0.3, -0.25) is 9.59 Å². The van der Waals surface area contributed by atoms with Crippen LogP contribution in [0.15, 0.2) is 29.1 Å². The number of fused-ring (bicyclic) bond motifs is 3. The van der Waals surface area contributed by atoms with E-state index in [1.54, 1.807) is 18.3 Å². The van der Waals surface area contributed by atoms with Gasteiger partial charge in [-0.25, -0.2) is 4.68 Å². The maximum absolute atomic E-state index is 13.2. The predicted octanol–water partition coefficient (Wildman–Crippen LogP) is 3.99. The fraction of sp³-hybridized carbons (Fsp3) is 0.476. The summed E-state index contributed by atoms with van der Waals surface area (Å²) >= 11 is 1.59. The largest absolute Gasteiger partial charge is 0.340 e. The number of benzene rings is 1. The van der Waals surface area contributed by atoms with Crippen LogP contribution in [0, 0.1) is 18.8 Å². The smallest absolute Gasteiger partial charge is 0.276 e. The highest BCUT2D eigenvalue weighted by atomic mass is 32.1. The molecule has 1 fully saturated rings. The molecule has 27 heavy (non-hydrogen) atoms. The Labute approximate surface area is 162 Å². The van der Waals surface area contributed by atoms with E-state index in [4.69, 9.17) is 0 Å². The molecule has 0 spiro atoms. The molecule has 4 rings (SSSR count). The van der Waals surface area contributed by atoms with Gasteiger partial charge in [0.25, 0.3) is 5.56 Å². The molecule has 1 amide bonds. The molecule has 0 unspecified atom stereocenters. The van der Waals surface area contributed by atoms with Crippen molar-refractivity contribution in [2.75, 3.05) is 13.1 Å². The van der Waals surface area contributed by atoms with Crippen molar-refractivity contribution in [3.8, 4) is 0 Å². The average Bonchev–Trinajstić information content (AvgIpc) is 3.03. The fourth-order valence-electron chi connectivity index (χ4n) is 4.35. The number of hydrogen-bond donors (Lipinski definition) is 0. The van der Waals surface area contributed by atoms with E-state index in [2.05, 4.69) is 18.9 Å². The minimum atomic E-state index is -0.600. The quantitative estimate of drug-likeness (QED) is 0.672. The van der Waals surface area contributed by atoms with Gasteiger partial charge in [-0.15, -0.1) is 11.3 Å². The molecular weight excluding hydrogens is 358 g/mol. The van der Waals surface area contributed by atoms with E-state index in [1.165, 1.54) is 4.68 Å². The highest BCUT2D eigenvalue weighted by Crippen LogP contribution is 2.33. The average molecular weight is 384 g/mol. The molecule has 6 heteroatoms. The summed E-state index contributed by atoms with van der Waals surface area (Å²) in [5, 5.41) is 6.15. The Morgan fingerprint density at radius 3 is 2.59 bits per heavy atom. The van der Waals surface area contributed by atoms with E-state index in [9.17, 15) is 9.59 Å². The van der Waals surface area contributed by atoms with E-state index in [1.807, 2.05) is 36.1 Å². The molecule has 0 N–H and O–H groups in total. The molecule has 0 aliphatic carbocycles. The van der Waals surface area contributed by atoms with Crippen LogP contribution in [-0.4, -0.2) is 33.7 Å². The standard InChI is InChI=1S/C21H25N3O2S/c1-12-9-13(2)11-23(10-12)20(25)15(4)24-21(26)18-16-7-5-6-8-17(16)27-19(18)14(3)22-24/h5-8,12-13,15H,9-11H2,1-4H3/t12-,13+,15-/m0/s1. The van der Waals surface area contributed by atoms with Crippen LogP contribution in [0.2, 0.25) is 0 Å². The Balaban J connectivity index is 1.79. The first kappa shape index (κ1) is 18.2. The molecule has 3 heterocycles. The highest BCUT2D eigenvalue weighted by molar-refractivity contribution is 7.26. The summed E-state index contributed by atoms with van der Waals surface area (Å²) in [7, 11) is 0. The first-order valence-electron chi connectivity index (χ1n) is 9.56. The Bertz CT molecular complexity index is 1070. The number of likely N-dealkylation sites (tertiary alicyclic amines) is 1. The fourth-order valence-corrected chi connectivity index (χ4v) is 5.49. The Kier molecular flexibility index (Phi) is 4.54. The van der Waals surface area contributed by atoms with Crippen molar-refractivity contribution in [1.29, 1.82) is 0 Å². The lowest BCUT2D eigenvalue weighted by Crippen LogP contribution is -2.46. The van der Waals surface area contributed by atoms with E-state index >= 15 is 0 Å². The number of hydrogen-bond acceptors (Lipinski definition) is 4. The number of rotatable bonds is 2. The van der Waals surface area contributed by atoms with Crippen molar-refractivity contribution in [2.24, 2.45) is 11.8 Å². The van der Waals surface area contributed by atoms with Crippen molar-refractivity contribution in [3.05, 3.63) is 40.3 Å². The zero-order chi connectivity index (χ0) is 19.3. The maximum Gasteiger partial charge on any atom is 0.276 e. The second-order valence-corrected chi connectivity index (χ2v) is 9.05. The zero-order valence-corrected chi connectivity index (χ0v) is 17.0. The minimum Gasteiger partial charge on any atom is -0.340 e. The van der Waals surface area contributed by atoms with Gasteiger partial charge in [0, 0.05) is 23.2 Å². The number of carbonyl (C=O) groups is 1. The molecule has 142 valence electrons. The van der Waals surface area contributed by atoms with Crippen LogP contribution in [0.1, 0.15) is 38.9 Å². The maximum atomic E-state index is 13.2. The summed E-state index contributed by atoms with van der Waals surface area (Å²) in [6.45, 7) is 9.57. The molecule has 2 aromatic heterocycles. The van der Waals surface area contributed by atoms with Gasteiger partial charge in [0.15, 0.2) is 0 Å². The lowest BCUT2D eigenvalue weighted by molar-refractivity contribution is -0.137. The van der Waals surface area contributed by atoms with Crippen molar-refractivity contribution in [2.45, 2.75) is 40.2 Å². The van der Waals surface area contributed by atoms with Crippen LogP contribution in [0.25, 0.3) is 20.2 Å². The molecule has 3 atom stereocenters. The number of aryl methyl sites for hydroxylation is 1. The Hall–Kier alpha value is -2.21. The van der Waals surface area contributed by atoms with E-state index in [0.717, 1.165) is 40.0 Å². The van der Waals surface area contributed by atoms with Gasteiger partial charge < -0.3 is 4.90 Å². The summed E-state index contributed by atoms with van der Waals surface area (Å²) in [5.74, 6) is 0.959. The molecular formula is C21H25N3O2S. The van der Waals surface area contributed by atoms with Crippen LogP contribution in [0.5, 0.6) is 0 Å². The number of aromatic nitrogens is 2. The van der Waals surface area contributed by atoms with Crippen LogP contribution >= 0.6 is 11.3 Å². The molecule has 0 bridgehead atoms. The normalized spacial score (nSPS) is 21.7. The third kappa shape index (κ3) is 3.06. The Morgan fingerprint density at radius 1 is 1.22 bits per heavy atom. The molecule has 1 aliphatic heterocycles. The lowest BCUT2D eigenvalue weighted by atomic mass is 9.91. The zero-order valence-electron chi connectivity index (χ0n) is 16.2. The second kappa shape index (κ2) is 6.75. The monoisotopic (exact) mass is 383 g/mol. The second-order valence-electron chi connectivity index (χ2n) is 8.00. The minimum absolute atomic E-state index is 0.0127. The predicted molar refractivity (Wildman–Crippen MR) is 110 cm³/mol. The third-order valence-electron chi connectivity index (χ3n) is 5.51. The summed E-state index contributed by atoms with van der Waals surface area (Å²) in [6.07, 6.45) is 1.14. The number of nitrogens with zero attached hydrogens (tertiary/aromatic N) is 3. The third-order valence-corrected chi connectivity index (χ3v) is 6.79. The summed E-state index contributed by atoms with van der Waals surface area (Å²) in [4.78, 5) is 28.3.